The van der Waals surface area contributed by atoms with E-state index in [1.165, 1.54) is 17.8 Å². The lowest BCUT2D eigenvalue weighted by Gasteiger charge is -1.98. The van der Waals surface area contributed by atoms with Gasteiger partial charge in [0.15, 0.2) is 5.17 Å². The summed E-state index contributed by atoms with van der Waals surface area (Å²) in [6.45, 7) is 0. The van der Waals surface area contributed by atoms with Gasteiger partial charge in [-0.1, -0.05) is 24.3 Å². The van der Waals surface area contributed by atoms with E-state index < -0.39 is 0 Å². The van der Waals surface area contributed by atoms with Crippen LogP contribution >= 0.6 is 11.8 Å². The summed E-state index contributed by atoms with van der Waals surface area (Å²) in [6.07, 6.45) is 1.61. The Hall–Kier alpha value is -2.73. The SMILES string of the molecule is O=C1NC(=Nc2cccc(O)c2)S/C1=C\c1ccccc1O. The summed E-state index contributed by atoms with van der Waals surface area (Å²) in [4.78, 5) is 16.7. The van der Waals surface area contributed by atoms with Crippen LogP contribution < -0.4 is 5.32 Å². The van der Waals surface area contributed by atoms with Gasteiger partial charge in [0.1, 0.15) is 11.5 Å². The maximum absolute atomic E-state index is 11.9. The number of thioether (sulfide) groups is 1. The van der Waals surface area contributed by atoms with E-state index in [-0.39, 0.29) is 17.4 Å². The van der Waals surface area contributed by atoms with Crippen LogP contribution in [-0.4, -0.2) is 21.3 Å². The van der Waals surface area contributed by atoms with Gasteiger partial charge in [-0.15, -0.1) is 0 Å². The Balaban J connectivity index is 1.86. The topological polar surface area (TPSA) is 81.9 Å². The van der Waals surface area contributed by atoms with Gasteiger partial charge in [0.2, 0.25) is 0 Å². The number of carbonyl (C=O) groups is 1. The number of rotatable bonds is 2. The third-order valence-corrected chi connectivity index (χ3v) is 3.84. The third kappa shape index (κ3) is 3.12. The van der Waals surface area contributed by atoms with E-state index in [0.717, 1.165) is 0 Å². The summed E-state index contributed by atoms with van der Waals surface area (Å²) in [7, 11) is 0. The lowest BCUT2D eigenvalue weighted by Crippen LogP contribution is -2.19. The molecule has 5 nitrogen and oxygen atoms in total. The highest BCUT2D eigenvalue weighted by Gasteiger charge is 2.24. The molecular weight excluding hydrogens is 300 g/mol. The predicted octanol–water partition coefficient (Wildman–Crippen LogP) is 2.99. The molecule has 1 amide bonds. The molecule has 0 radical (unpaired) electrons. The molecule has 0 atom stereocenters. The Kier molecular flexibility index (Phi) is 3.84. The maximum atomic E-state index is 11.9. The number of carbonyl (C=O) groups excluding carboxylic acids is 1. The molecule has 0 aromatic heterocycles. The number of nitrogens with one attached hydrogen (secondary N) is 1. The molecule has 22 heavy (non-hydrogen) atoms. The van der Waals surface area contributed by atoms with E-state index in [9.17, 15) is 15.0 Å². The summed E-state index contributed by atoms with van der Waals surface area (Å²) in [5.74, 6) is -0.0462. The number of aromatic hydroxyl groups is 2. The van der Waals surface area contributed by atoms with Crippen LogP contribution in [0.15, 0.2) is 58.4 Å². The molecule has 2 aromatic carbocycles. The minimum Gasteiger partial charge on any atom is -0.508 e. The Morgan fingerprint density at radius 3 is 2.68 bits per heavy atom. The average Bonchev–Trinajstić information content (AvgIpc) is 2.81. The van der Waals surface area contributed by atoms with E-state index in [1.54, 1.807) is 48.5 Å². The maximum Gasteiger partial charge on any atom is 0.264 e. The molecule has 2 aromatic rings. The number of amides is 1. The highest BCUT2D eigenvalue weighted by Crippen LogP contribution is 2.30. The van der Waals surface area contributed by atoms with Gasteiger partial charge < -0.3 is 15.5 Å². The van der Waals surface area contributed by atoms with Crippen molar-refractivity contribution in [3.05, 3.63) is 59.0 Å². The molecule has 110 valence electrons. The molecule has 0 saturated carbocycles. The molecule has 0 bridgehead atoms. The Labute approximate surface area is 131 Å². The van der Waals surface area contributed by atoms with Crippen molar-refractivity contribution in [2.24, 2.45) is 4.99 Å². The summed E-state index contributed by atoms with van der Waals surface area (Å²) in [6, 6.07) is 13.2. The van der Waals surface area contributed by atoms with Gasteiger partial charge >= 0.3 is 0 Å². The number of nitrogens with zero attached hydrogens (tertiary/aromatic N) is 1. The van der Waals surface area contributed by atoms with Crippen molar-refractivity contribution >= 4 is 34.6 Å². The highest BCUT2D eigenvalue weighted by atomic mass is 32.2. The number of phenolic OH excluding ortho intramolecular Hbond substituents is 2. The molecule has 1 fully saturated rings. The van der Waals surface area contributed by atoms with Gasteiger partial charge in [-0.2, -0.15) is 0 Å². The van der Waals surface area contributed by atoms with Crippen LogP contribution in [0, 0.1) is 0 Å². The highest BCUT2D eigenvalue weighted by molar-refractivity contribution is 8.18. The second-order valence-corrected chi connectivity index (χ2v) is 5.59. The number of benzene rings is 2. The first-order valence-electron chi connectivity index (χ1n) is 6.48. The average molecular weight is 312 g/mol. The van der Waals surface area contributed by atoms with E-state index in [2.05, 4.69) is 10.3 Å². The lowest BCUT2D eigenvalue weighted by atomic mass is 10.2. The van der Waals surface area contributed by atoms with E-state index in [0.29, 0.717) is 21.3 Å². The Morgan fingerprint density at radius 2 is 1.91 bits per heavy atom. The van der Waals surface area contributed by atoms with Crippen LogP contribution in [0.2, 0.25) is 0 Å². The van der Waals surface area contributed by atoms with Gasteiger partial charge in [0, 0.05) is 11.6 Å². The zero-order valence-electron chi connectivity index (χ0n) is 11.4. The first-order chi connectivity index (χ1) is 10.6. The Bertz CT molecular complexity index is 799. The van der Waals surface area contributed by atoms with E-state index in [1.807, 2.05) is 0 Å². The van der Waals surface area contributed by atoms with Crippen LogP contribution in [0.4, 0.5) is 5.69 Å². The van der Waals surface area contributed by atoms with Crippen LogP contribution in [0.25, 0.3) is 6.08 Å². The monoisotopic (exact) mass is 312 g/mol. The van der Waals surface area contributed by atoms with Crippen molar-refractivity contribution in [3.63, 3.8) is 0 Å². The molecule has 0 aliphatic carbocycles. The van der Waals surface area contributed by atoms with Crippen molar-refractivity contribution < 1.29 is 15.0 Å². The normalized spacial score (nSPS) is 17.9. The molecule has 3 N–H and O–H groups in total. The van der Waals surface area contributed by atoms with E-state index >= 15 is 0 Å². The zero-order chi connectivity index (χ0) is 15.5. The first kappa shape index (κ1) is 14.2. The Morgan fingerprint density at radius 1 is 1.09 bits per heavy atom. The fraction of sp³-hybridized carbons (Fsp3) is 0. The zero-order valence-corrected chi connectivity index (χ0v) is 12.2. The molecule has 0 unspecified atom stereocenters. The lowest BCUT2D eigenvalue weighted by molar-refractivity contribution is -0.115. The summed E-state index contributed by atoms with van der Waals surface area (Å²) < 4.78 is 0. The minimum atomic E-state index is -0.271. The van der Waals surface area contributed by atoms with Crippen molar-refractivity contribution in [3.8, 4) is 11.5 Å². The summed E-state index contributed by atoms with van der Waals surface area (Å²) in [5.41, 5.74) is 1.12. The number of hydrogen-bond acceptors (Lipinski definition) is 5. The van der Waals surface area contributed by atoms with Gasteiger partial charge in [-0.3, -0.25) is 4.79 Å². The molecule has 1 aliphatic rings. The fourth-order valence-corrected chi connectivity index (χ4v) is 2.74. The fourth-order valence-electron chi connectivity index (χ4n) is 1.91. The number of aliphatic imine (C=N–C) groups is 1. The summed E-state index contributed by atoms with van der Waals surface area (Å²) >= 11 is 1.18. The molecular formula is C16H12N2O3S. The number of hydrogen-bond donors (Lipinski definition) is 3. The predicted molar refractivity (Wildman–Crippen MR) is 87.0 cm³/mol. The van der Waals surface area contributed by atoms with Crippen molar-refractivity contribution in [2.75, 3.05) is 0 Å². The second kappa shape index (κ2) is 5.95. The quantitative estimate of drug-likeness (QED) is 0.745. The van der Waals surface area contributed by atoms with Crippen LogP contribution in [0.1, 0.15) is 5.56 Å². The van der Waals surface area contributed by atoms with Gasteiger partial charge in [0.05, 0.1) is 10.6 Å². The van der Waals surface area contributed by atoms with Crippen LogP contribution in [0.5, 0.6) is 11.5 Å². The molecule has 1 heterocycles. The molecule has 1 aliphatic heterocycles. The van der Waals surface area contributed by atoms with Crippen molar-refractivity contribution in [1.82, 2.24) is 5.32 Å². The van der Waals surface area contributed by atoms with Crippen molar-refractivity contribution in [2.45, 2.75) is 0 Å². The van der Waals surface area contributed by atoms with Crippen LogP contribution in [-0.2, 0) is 4.79 Å². The first-order valence-corrected chi connectivity index (χ1v) is 7.30. The number of phenols is 2. The smallest absolute Gasteiger partial charge is 0.264 e. The number of amidine groups is 1. The van der Waals surface area contributed by atoms with Gasteiger partial charge in [0.25, 0.3) is 5.91 Å². The van der Waals surface area contributed by atoms with Crippen LogP contribution in [0.3, 0.4) is 0 Å². The molecule has 1 saturated heterocycles. The summed E-state index contributed by atoms with van der Waals surface area (Å²) in [5, 5.41) is 22.2. The standard InChI is InChI=1S/C16H12N2O3S/c19-12-6-3-5-11(9-12)17-16-18-15(21)14(22-16)8-10-4-1-2-7-13(10)20/h1-9,19-20H,(H,17,18,21)/b14-8-. The largest absolute Gasteiger partial charge is 0.508 e. The molecule has 3 rings (SSSR count). The van der Waals surface area contributed by atoms with Gasteiger partial charge in [-0.25, -0.2) is 4.99 Å². The second-order valence-electron chi connectivity index (χ2n) is 4.56. The molecule has 6 heteroatoms. The van der Waals surface area contributed by atoms with Gasteiger partial charge in [-0.05, 0) is 36.0 Å². The van der Waals surface area contributed by atoms with E-state index in [4.69, 9.17) is 0 Å². The molecule has 0 spiro atoms. The minimum absolute atomic E-state index is 0.112. The third-order valence-electron chi connectivity index (χ3n) is 2.93. The number of para-hydroxylation sites is 1. The van der Waals surface area contributed by atoms with Crippen molar-refractivity contribution in [1.29, 1.82) is 0 Å².